The normalized spacial score (nSPS) is 29.3. The summed E-state index contributed by atoms with van der Waals surface area (Å²) in [5, 5.41) is 12.7. The Bertz CT molecular complexity index is 284. The molecule has 1 atom stereocenters. The zero-order valence-corrected chi connectivity index (χ0v) is 12.6. The Balaban J connectivity index is 2.46. The second-order valence-corrected chi connectivity index (χ2v) is 6.66. The molecule has 1 aliphatic rings. The van der Waals surface area contributed by atoms with E-state index in [9.17, 15) is 9.90 Å². The van der Waals surface area contributed by atoms with Crippen LogP contribution in [-0.2, 0) is 4.79 Å². The highest BCUT2D eigenvalue weighted by molar-refractivity contribution is 5.83. The number of hydrogen-bond donors (Lipinski definition) is 3. The van der Waals surface area contributed by atoms with Crippen molar-refractivity contribution in [3.8, 4) is 0 Å². The first-order valence-electron chi connectivity index (χ1n) is 7.56. The lowest BCUT2D eigenvalue weighted by molar-refractivity contribution is -0.133. The van der Waals surface area contributed by atoms with Gasteiger partial charge in [0.05, 0.1) is 11.5 Å². The van der Waals surface area contributed by atoms with Gasteiger partial charge in [-0.15, -0.1) is 0 Å². The molecule has 0 aromatic heterocycles. The van der Waals surface area contributed by atoms with Crippen LogP contribution in [0.25, 0.3) is 0 Å². The van der Waals surface area contributed by atoms with E-state index >= 15 is 0 Å². The van der Waals surface area contributed by atoms with E-state index in [1.165, 1.54) is 0 Å². The van der Waals surface area contributed by atoms with Crippen LogP contribution in [0.5, 0.6) is 0 Å². The van der Waals surface area contributed by atoms with E-state index < -0.39 is 11.5 Å². The fourth-order valence-corrected chi connectivity index (χ4v) is 2.86. The largest absolute Gasteiger partial charge is 0.391 e. The Hall–Kier alpha value is -0.610. The van der Waals surface area contributed by atoms with Crippen molar-refractivity contribution in [2.75, 3.05) is 13.1 Å². The molecule has 112 valence electrons. The summed E-state index contributed by atoms with van der Waals surface area (Å²) in [5.74, 6) is 1.16. The monoisotopic (exact) mass is 270 g/mol. The lowest BCUT2D eigenvalue weighted by atomic mass is 9.70. The van der Waals surface area contributed by atoms with Crippen LogP contribution in [0.2, 0.25) is 0 Å². The maximum absolute atomic E-state index is 12.3. The lowest BCUT2D eigenvalue weighted by Gasteiger charge is -2.37. The fraction of sp³-hybridized carbons (Fsp3) is 0.933. The summed E-state index contributed by atoms with van der Waals surface area (Å²) >= 11 is 0. The number of carbonyl (C=O) groups excluding carboxylic acids is 1. The number of nitrogens with two attached hydrogens (primary N) is 1. The van der Waals surface area contributed by atoms with Crippen LogP contribution in [0.15, 0.2) is 0 Å². The van der Waals surface area contributed by atoms with Gasteiger partial charge in [-0.05, 0) is 43.9 Å². The van der Waals surface area contributed by atoms with E-state index in [0.29, 0.717) is 31.3 Å². The van der Waals surface area contributed by atoms with Crippen molar-refractivity contribution in [2.24, 2.45) is 23.0 Å². The number of rotatable bonds is 6. The molecule has 19 heavy (non-hydrogen) atoms. The van der Waals surface area contributed by atoms with Gasteiger partial charge in [-0.1, -0.05) is 20.8 Å². The van der Waals surface area contributed by atoms with Crippen LogP contribution in [0.4, 0.5) is 0 Å². The van der Waals surface area contributed by atoms with Crippen LogP contribution in [-0.4, -0.2) is 30.2 Å². The van der Waals surface area contributed by atoms with Crippen molar-refractivity contribution in [2.45, 2.75) is 59.0 Å². The van der Waals surface area contributed by atoms with Crippen molar-refractivity contribution in [3.63, 3.8) is 0 Å². The van der Waals surface area contributed by atoms with Crippen LogP contribution in [0.1, 0.15) is 52.9 Å². The SMILES string of the molecule is CC(C)CC(O)CNC(=O)C1(CN)CCC(C)CC1. The summed E-state index contributed by atoms with van der Waals surface area (Å²) in [7, 11) is 0. The van der Waals surface area contributed by atoms with E-state index in [1.807, 2.05) is 0 Å². The van der Waals surface area contributed by atoms with Gasteiger partial charge >= 0.3 is 0 Å². The number of amides is 1. The third-order valence-corrected chi connectivity index (χ3v) is 4.35. The Morgan fingerprint density at radius 1 is 1.42 bits per heavy atom. The van der Waals surface area contributed by atoms with Gasteiger partial charge in [0.1, 0.15) is 0 Å². The number of carbonyl (C=O) groups is 1. The second-order valence-electron chi connectivity index (χ2n) is 6.66. The van der Waals surface area contributed by atoms with E-state index in [2.05, 4.69) is 26.1 Å². The first kappa shape index (κ1) is 16.4. The molecule has 1 aliphatic carbocycles. The molecule has 0 bridgehead atoms. The molecule has 0 spiro atoms. The van der Waals surface area contributed by atoms with Crippen molar-refractivity contribution in [1.82, 2.24) is 5.32 Å². The lowest BCUT2D eigenvalue weighted by Crippen LogP contribution is -2.49. The molecule has 0 heterocycles. The highest BCUT2D eigenvalue weighted by atomic mass is 16.3. The van der Waals surface area contributed by atoms with Gasteiger partial charge in [0.25, 0.3) is 0 Å². The molecule has 4 N–H and O–H groups in total. The smallest absolute Gasteiger partial charge is 0.227 e. The van der Waals surface area contributed by atoms with Gasteiger partial charge < -0.3 is 16.2 Å². The molecule has 0 radical (unpaired) electrons. The molecule has 0 aromatic carbocycles. The minimum atomic E-state index is -0.457. The average molecular weight is 270 g/mol. The van der Waals surface area contributed by atoms with Crippen LogP contribution >= 0.6 is 0 Å². The molecular formula is C15H30N2O2. The maximum atomic E-state index is 12.3. The van der Waals surface area contributed by atoms with E-state index in [0.717, 1.165) is 25.7 Å². The van der Waals surface area contributed by atoms with Crippen molar-refractivity contribution >= 4 is 5.91 Å². The second kappa shape index (κ2) is 7.25. The van der Waals surface area contributed by atoms with Gasteiger partial charge in [-0.2, -0.15) is 0 Å². The minimum Gasteiger partial charge on any atom is -0.391 e. The van der Waals surface area contributed by atoms with Gasteiger partial charge in [-0.25, -0.2) is 0 Å². The summed E-state index contributed by atoms with van der Waals surface area (Å²) < 4.78 is 0. The van der Waals surface area contributed by atoms with Gasteiger partial charge in [0.15, 0.2) is 0 Å². The average Bonchev–Trinajstić information content (AvgIpc) is 2.36. The van der Waals surface area contributed by atoms with Gasteiger partial charge in [-0.3, -0.25) is 4.79 Å². The van der Waals surface area contributed by atoms with E-state index in [4.69, 9.17) is 5.73 Å². The molecule has 1 amide bonds. The van der Waals surface area contributed by atoms with Crippen molar-refractivity contribution in [3.05, 3.63) is 0 Å². The number of aliphatic hydroxyl groups excluding tert-OH is 1. The minimum absolute atomic E-state index is 0.0321. The van der Waals surface area contributed by atoms with Gasteiger partial charge in [0, 0.05) is 13.1 Å². The Labute approximate surface area is 117 Å². The first-order chi connectivity index (χ1) is 8.89. The van der Waals surface area contributed by atoms with Crippen molar-refractivity contribution < 1.29 is 9.90 Å². The van der Waals surface area contributed by atoms with Crippen LogP contribution < -0.4 is 11.1 Å². The van der Waals surface area contributed by atoms with Crippen molar-refractivity contribution in [1.29, 1.82) is 0 Å². The molecule has 4 nitrogen and oxygen atoms in total. The first-order valence-corrected chi connectivity index (χ1v) is 7.56. The predicted octanol–water partition coefficient (Wildman–Crippen LogP) is 1.66. The standard InChI is InChI=1S/C15H30N2O2/c1-11(2)8-13(18)9-17-14(19)15(10-16)6-4-12(3)5-7-15/h11-13,18H,4-10,16H2,1-3H3,(H,17,19). The third-order valence-electron chi connectivity index (χ3n) is 4.35. The summed E-state index contributed by atoms with van der Waals surface area (Å²) in [4.78, 5) is 12.3. The Morgan fingerprint density at radius 3 is 2.47 bits per heavy atom. The number of hydrogen-bond acceptors (Lipinski definition) is 3. The molecule has 1 rings (SSSR count). The highest BCUT2D eigenvalue weighted by Crippen LogP contribution is 2.38. The number of nitrogens with one attached hydrogen (secondary N) is 1. The zero-order valence-electron chi connectivity index (χ0n) is 12.6. The summed E-state index contributed by atoms with van der Waals surface area (Å²) in [5.41, 5.74) is 5.45. The molecule has 1 fully saturated rings. The van der Waals surface area contributed by atoms with E-state index in [1.54, 1.807) is 0 Å². The Kier molecular flexibility index (Phi) is 6.27. The highest BCUT2D eigenvalue weighted by Gasteiger charge is 2.39. The fourth-order valence-electron chi connectivity index (χ4n) is 2.86. The molecule has 4 heteroatoms. The molecule has 0 aromatic rings. The van der Waals surface area contributed by atoms with Crippen LogP contribution in [0, 0.1) is 17.3 Å². The molecule has 0 aliphatic heterocycles. The number of aliphatic hydroxyl groups is 1. The topological polar surface area (TPSA) is 75.3 Å². The summed E-state index contributed by atoms with van der Waals surface area (Å²) in [6, 6.07) is 0. The Morgan fingerprint density at radius 2 is 2.00 bits per heavy atom. The molecule has 1 saturated carbocycles. The summed E-state index contributed by atoms with van der Waals surface area (Å²) in [6.07, 6.45) is 4.14. The summed E-state index contributed by atoms with van der Waals surface area (Å²) in [6.45, 7) is 7.11. The van der Waals surface area contributed by atoms with Crippen LogP contribution in [0.3, 0.4) is 0 Å². The molecular weight excluding hydrogens is 240 g/mol. The third kappa shape index (κ3) is 4.77. The maximum Gasteiger partial charge on any atom is 0.227 e. The predicted molar refractivity (Wildman–Crippen MR) is 77.6 cm³/mol. The molecule has 0 saturated heterocycles. The van der Waals surface area contributed by atoms with E-state index in [-0.39, 0.29) is 5.91 Å². The quantitative estimate of drug-likeness (QED) is 0.687. The molecule has 1 unspecified atom stereocenters. The van der Waals surface area contributed by atoms with Gasteiger partial charge in [0.2, 0.25) is 5.91 Å². The zero-order chi connectivity index (χ0) is 14.5.